The molecule has 1 aromatic carbocycles. The molecular formula is C17H26N2O2. The molecule has 1 aliphatic heterocycles. The van der Waals surface area contributed by atoms with E-state index in [2.05, 4.69) is 23.2 Å². The molecule has 0 aromatic heterocycles. The zero-order valence-corrected chi connectivity index (χ0v) is 13.5. The number of carbonyl (C=O) groups is 1. The fourth-order valence-electron chi connectivity index (χ4n) is 2.47. The standard InChI is InChI=1S/C17H26N2O2/c1-13-8-10-19(11-9-13)15-7-5-6-14(12-15)18-16(20)21-17(2,3)4/h5-7,12-13H,8-11H2,1-4H3,(H,18,20). The first-order chi connectivity index (χ1) is 9.83. The maximum absolute atomic E-state index is 11.8. The minimum atomic E-state index is -0.481. The van der Waals surface area contributed by atoms with Crippen LogP contribution in [0.4, 0.5) is 16.2 Å². The first kappa shape index (κ1) is 15.7. The monoisotopic (exact) mass is 290 g/mol. The third-order valence-electron chi connectivity index (χ3n) is 3.64. The summed E-state index contributed by atoms with van der Waals surface area (Å²) in [7, 11) is 0. The summed E-state index contributed by atoms with van der Waals surface area (Å²) in [5.74, 6) is 0.810. The fraction of sp³-hybridized carbons (Fsp3) is 0.588. The molecule has 1 fully saturated rings. The molecule has 0 aliphatic carbocycles. The van der Waals surface area contributed by atoms with Crippen molar-refractivity contribution in [2.75, 3.05) is 23.3 Å². The molecule has 0 bridgehead atoms. The predicted octanol–water partition coefficient (Wildman–Crippen LogP) is 4.27. The maximum Gasteiger partial charge on any atom is 0.412 e. The molecule has 0 spiro atoms. The minimum absolute atomic E-state index is 0.410. The van der Waals surface area contributed by atoms with E-state index in [4.69, 9.17) is 4.74 Å². The van der Waals surface area contributed by atoms with Gasteiger partial charge >= 0.3 is 6.09 Å². The second-order valence-electron chi connectivity index (χ2n) is 6.85. The zero-order valence-electron chi connectivity index (χ0n) is 13.5. The van der Waals surface area contributed by atoms with Crippen LogP contribution in [0.1, 0.15) is 40.5 Å². The summed E-state index contributed by atoms with van der Waals surface area (Å²) in [5, 5.41) is 2.80. The molecule has 4 heteroatoms. The van der Waals surface area contributed by atoms with Gasteiger partial charge in [0.2, 0.25) is 0 Å². The van der Waals surface area contributed by atoms with Gasteiger partial charge in [-0.25, -0.2) is 4.79 Å². The van der Waals surface area contributed by atoms with Crippen molar-refractivity contribution in [3.05, 3.63) is 24.3 Å². The van der Waals surface area contributed by atoms with Crippen LogP contribution in [0.15, 0.2) is 24.3 Å². The number of rotatable bonds is 2. The van der Waals surface area contributed by atoms with Crippen molar-refractivity contribution < 1.29 is 9.53 Å². The second-order valence-corrected chi connectivity index (χ2v) is 6.85. The first-order valence-corrected chi connectivity index (χ1v) is 7.68. The molecule has 2 rings (SSSR count). The van der Waals surface area contributed by atoms with Crippen molar-refractivity contribution in [3.63, 3.8) is 0 Å². The molecule has 21 heavy (non-hydrogen) atoms. The normalized spacial score (nSPS) is 16.7. The number of nitrogens with zero attached hydrogens (tertiary/aromatic N) is 1. The van der Waals surface area contributed by atoms with Gasteiger partial charge in [-0.05, 0) is 57.7 Å². The largest absolute Gasteiger partial charge is 0.444 e. The van der Waals surface area contributed by atoms with Crippen LogP contribution in [0, 0.1) is 5.92 Å². The van der Waals surface area contributed by atoms with Gasteiger partial charge in [0.15, 0.2) is 0 Å². The Balaban J connectivity index is 1.99. The molecule has 116 valence electrons. The van der Waals surface area contributed by atoms with Crippen molar-refractivity contribution in [2.24, 2.45) is 5.92 Å². The van der Waals surface area contributed by atoms with Crippen LogP contribution in [-0.4, -0.2) is 24.8 Å². The van der Waals surface area contributed by atoms with E-state index in [1.807, 2.05) is 39.0 Å². The lowest BCUT2D eigenvalue weighted by molar-refractivity contribution is 0.0636. The van der Waals surface area contributed by atoms with Crippen molar-refractivity contribution in [3.8, 4) is 0 Å². The Hall–Kier alpha value is -1.71. The highest BCUT2D eigenvalue weighted by Gasteiger charge is 2.18. The average molecular weight is 290 g/mol. The Morgan fingerprint density at radius 3 is 2.57 bits per heavy atom. The Labute approximate surface area is 127 Å². The third-order valence-corrected chi connectivity index (χ3v) is 3.64. The van der Waals surface area contributed by atoms with E-state index in [1.165, 1.54) is 12.8 Å². The molecule has 1 aromatic rings. The first-order valence-electron chi connectivity index (χ1n) is 7.68. The maximum atomic E-state index is 11.8. The molecule has 1 N–H and O–H groups in total. The van der Waals surface area contributed by atoms with Crippen molar-refractivity contribution in [1.82, 2.24) is 0 Å². The Bertz CT molecular complexity index is 486. The summed E-state index contributed by atoms with van der Waals surface area (Å²) < 4.78 is 5.28. The van der Waals surface area contributed by atoms with E-state index in [0.717, 1.165) is 30.4 Å². The predicted molar refractivity (Wildman–Crippen MR) is 86.9 cm³/mol. The number of nitrogens with one attached hydrogen (secondary N) is 1. The molecule has 0 radical (unpaired) electrons. The van der Waals surface area contributed by atoms with E-state index in [0.29, 0.717) is 0 Å². The summed E-state index contributed by atoms with van der Waals surface area (Å²) in [5.41, 5.74) is 1.46. The zero-order chi connectivity index (χ0) is 15.5. The van der Waals surface area contributed by atoms with E-state index in [9.17, 15) is 4.79 Å². The number of piperidine rings is 1. The van der Waals surface area contributed by atoms with Crippen LogP contribution in [0.5, 0.6) is 0 Å². The number of amides is 1. The van der Waals surface area contributed by atoms with Gasteiger partial charge in [0.25, 0.3) is 0 Å². The SMILES string of the molecule is CC1CCN(c2cccc(NC(=O)OC(C)(C)C)c2)CC1. The lowest BCUT2D eigenvalue weighted by Gasteiger charge is -2.32. The third kappa shape index (κ3) is 4.96. The van der Waals surface area contributed by atoms with Gasteiger partial charge in [0, 0.05) is 24.5 Å². The van der Waals surface area contributed by atoms with Crippen molar-refractivity contribution in [2.45, 2.75) is 46.1 Å². The highest BCUT2D eigenvalue weighted by molar-refractivity contribution is 5.85. The van der Waals surface area contributed by atoms with Gasteiger partial charge in [-0.1, -0.05) is 13.0 Å². The van der Waals surface area contributed by atoms with Crippen molar-refractivity contribution in [1.29, 1.82) is 0 Å². The van der Waals surface area contributed by atoms with Crippen molar-refractivity contribution >= 4 is 17.5 Å². The summed E-state index contributed by atoms with van der Waals surface area (Å²) in [4.78, 5) is 14.2. The smallest absolute Gasteiger partial charge is 0.412 e. The quantitative estimate of drug-likeness (QED) is 0.884. The molecule has 4 nitrogen and oxygen atoms in total. The van der Waals surface area contributed by atoms with Crippen LogP contribution in [0.2, 0.25) is 0 Å². The van der Waals surface area contributed by atoms with Gasteiger partial charge < -0.3 is 9.64 Å². The lowest BCUT2D eigenvalue weighted by atomic mass is 9.99. The Kier molecular flexibility index (Phi) is 4.76. The van der Waals surface area contributed by atoms with Gasteiger partial charge in [-0.15, -0.1) is 0 Å². The topological polar surface area (TPSA) is 41.6 Å². The number of ether oxygens (including phenoxy) is 1. The number of benzene rings is 1. The van der Waals surface area contributed by atoms with Crippen LogP contribution < -0.4 is 10.2 Å². The highest BCUT2D eigenvalue weighted by Crippen LogP contribution is 2.25. The Morgan fingerprint density at radius 1 is 1.29 bits per heavy atom. The number of carbonyl (C=O) groups excluding carboxylic acids is 1. The number of anilines is 2. The van der Waals surface area contributed by atoms with Crippen LogP contribution in [0.25, 0.3) is 0 Å². The minimum Gasteiger partial charge on any atom is -0.444 e. The summed E-state index contributed by atoms with van der Waals surface area (Å²) >= 11 is 0. The van der Waals surface area contributed by atoms with Gasteiger partial charge in [0.05, 0.1) is 0 Å². The molecule has 1 saturated heterocycles. The number of hydrogen-bond acceptors (Lipinski definition) is 3. The van der Waals surface area contributed by atoms with Gasteiger partial charge in [-0.2, -0.15) is 0 Å². The van der Waals surface area contributed by atoms with Crippen LogP contribution in [-0.2, 0) is 4.74 Å². The summed E-state index contributed by atoms with van der Waals surface area (Å²) in [6.45, 7) is 10.0. The molecule has 0 saturated carbocycles. The second kappa shape index (κ2) is 6.37. The molecule has 1 heterocycles. The van der Waals surface area contributed by atoms with Gasteiger partial charge in [-0.3, -0.25) is 5.32 Å². The van der Waals surface area contributed by atoms with E-state index in [-0.39, 0.29) is 0 Å². The van der Waals surface area contributed by atoms with E-state index < -0.39 is 11.7 Å². The molecule has 0 atom stereocenters. The van der Waals surface area contributed by atoms with Gasteiger partial charge in [0.1, 0.15) is 5.60 Å². The van der Waals surface area contributed by atoms with Crippen LogP contribution in [0.3, 0.4) is 0 Å². The summed E-state index contributed by atoms with van der Waals surface area (Å²) in [6, 6.07) is 7.97. The molecular weight excluding hydrogens is 264 g/mol. The molecule has 0 unspecified atom stereocenters. The average Bonchev–Trinajstić information content (AvgIpc) is 2.37. The summed E-state index contributed by atoms with van der Waals surface area (Å²) in [6.07, 6.45) is 2.04. The Morgan fingerprint density at radius 2 is 1.95 bits per heavy atom. The highest BCUT2D eigenvalue weighted by atomic mass is 16.6. The molecule has 1 amide bonds. The fourth-order valence-corrected chi connectivity index (χ4v) is 2.47. The van der Waals surface area contributed by atoms with E-state index >= 15 is 0 Å². The lowest BCUT2D eigenvalue weighted by Crippen LogP contribution is -2.32. The van der Waals surface area contributed by atoms with Crippen LogP contribution >= 0.6 is 0 Å². The number of hydrogen-bond donors (Lipinski definition) is 1. The van der Waals surface area contributed by atoms with E-state index in [1.54, 1.807) is 0 Å². The molecule has 1 aliphatic rings.